The summed E-state index contributed by atoms with van der Waals surface area (Å²) in [6, 6.07) is 9.73. The topological polar surface area (TPSA) is 52.6 Å². The average Bonchev–Trinajstić information content (AvgIpc) is 2.34. The summed E-state index contributed by atoms with van der Waals surface area (Å²) in [6.07, 6.45) is 0. The van der Waals surface area contributed by atoms with Gasteiger partial charge in [-0.25, -0.2) is 0 Å². The maximum absolute atomic E-state index is 11.3. The van der Waals surface area contributed by atoms with E-state index < -0.39 is 11.9 Å². The Morgan fingerprint density at radius 3 is 2.39 bits per heavy atom. The molecule has 0 fully saturated rings. The lowest BCUT2D eigenvalue weighted by atomic mass is 9.99. The number of hydrogen-bond donors (Lipinski definition) is 2. The minimum absolute atomic E-state index is 0.384. The molecule has 2 atom stereocenters. The van der Waals surface area contributed by atoms with E-state index in [9.17, 15) is 9.90 Å². The number of carboxylic acids is 1. The number of aliphatic carboxylic acids is 1. The van der Waals surface area contributed by atoms with Crippen molar-refractivity contribution in [1.29, 1.82) is 0 Å². The van der Waals surface area contributed by atoms with Crippen molar-refractivity contribution in [3.63, 3.8) is 0 Å². The third-order valence-corrected chi connectivity index (χ3v) is 3.17. The van der Waals surface area contributed by atoms with E-state index in [2.05, 4.69) is 17.1 Å². The van der Waals surface area contributed by atoms with Gasteiger partial charge >= 0.3 is 5.97 Å². The standard InChI is InChI=1S/C14H22N2O2/c1-11(16(2)3)9-15-10-13(14(17)18)12-7-5-4-6-8-12/h4-8,11,13,15H,9-10H2,1-3H3,(H,17,18). The Balaban J connectivity index is 2.53. The molecular formula is C14H22N2O2. The summed E-state index contributed by atoms with van der Waals surface area (Å²) in [5.74, 6) is -1.27. The molecule has 100 valence electrons. The van der Waals surface area contributed by atoms with Gasteiger partial charge in [-0.15, -0.1) is 0 Å². The van der Waals surface area contributed by atoms with Crippen LogP contribution in [-0.4, -0.2) is 49.2 Å². The van der Waals surface area contributed by atoms with Gasteiger partial charge in [0.2, 0.25) is 0 Å². The third kappa shape index (κ3) is 4.47. The van der Waals surface area contributed by atoms with Crippen LogP contribution in [0, 0.1) is 0 Å². The number of nitrogens with zero attached hydrogens (tertiary/aromatic N) is 1. The molecule has 1 aromatic rings. The smallest absolute Gasteiger partial charge is 0.312 e. The first-order valence-corrected chi connectivity index (χ1v) is 6.17. The molecule has 0 aliphatic carbocycles. The summed E-state index contributed by atoms with van der Waals surface area (Å²) in [6.45, 7) is 3.34. The van der Waals surface area contributed by atoms with Gasteiger partial charge in [0.15, 0.2) is 0 Å². The number of rotatable bonds is 7. The molecule has 2 N–H and O–H groups in total. The van der Waals surface area contributed by atoms with Crippen molar-refractivity contribution >= 4 is 5.97 Å². The second-order valence-electron chi connectivity index (χ2n) is 4.77. The van der Waals surface area contributed by atoms with Crippen LogP contribution >= 0.6 is 0 Å². The number of carboxylic acid groups (broad SMARTS) is 1. The molecule has 0 heterocycles. The van der Waals surface area contributed by atoms with Gasteiger partial charge in [0.25, 0.3) is 0 Å². The Hall–Kier alpha value is -1.39. The molecule has 2 unspecified atom stereocenters. The number of nitrogens with one attached hydrogen (secondary N) is 1. The summed E-state index contributed by atoms with van der Waals surface area (Å²) in [5, 5.41) is 12.5. The Kier molecular flexibility index (Phi) is 5.82. The van der Waals surface area contributed by atoms with Crippen molar-refractivity contribution in [3.05, 3.63) is 35.9 Å². The lowest BCUT2D eigenvalue weighted by Crippen LogP contribution is -2.38. The highest BCUT2D eigenvalue weighted by Crippen LogP contribution is 2.14. The van der Waals surface area contributed by atoms with E-state index in [0.717, 1.165) is 12.1 Å². The van der Waals surface area contributed by atoms with Crippen LogP contribution in [0.25, 0.3) is 0 Å². The molecule has 1 aromatic carbocycles. The van der Waals surface area contributed by atoms with Gasteiger partial charge in [0.05, 0.1) is 5.92 Å². The Morgan fingerprint density at radius 2 is 1.89 bits per heavy atom. The molecule has 18 heavy (non-hydrogen) atoms. The molecule has 1 rings (SSSR count). The second kappa shape index (κ2) is 7.13. The molecule has 4 heteroatoms. The summed E-state index contributed by atoms with van der Waals surface area (Å²) >= 11 is 0. The lowest BCUT2D eigenvalue weighted by molar-refractivity contribution is -0.138. The van der Waals surface area contributed by atoms with Crippen molar-refractivity contribution in [3.8, 4) is 0 Å². The highest BCUT2D eigenvalue weighted by molar-refractivity contribution is 5.76. The maximum Gasteiger partial charge on any atom is 0.312 e. The molecule has 0 aliphatic rings. The van der Waals surface area contributed by atoms with Crippen molar-refractivity contribution in [2.75, 3.05) is 27.2 Å². The predicted octanol–water partition coefficient (Wildman–Crippen LogP) is 1.39. The molecule has 0 bridgehead atoms. The van der Waals surface area contributed by atoms with Crippen molar-refractivity contribution in [2.45, 2.75) is 18.9 Å². The molecule has 0 radical (unpaired) electrons. The monoisotopic (exact) mass is 250 g/mol. The molecule has 0 saturated heterocycles. The largest absolute Gasteiger partial charge is 0.481 e. The van der Waals surface area contributed by atoms with E-state index in [1.165, 1.54) is 0 Å². The SMILES string of the molecule is CC(CNCC(C(=O)O)c1ccccc1)N(C)C. The first kappa shape index (κ1) is 14.7. The van der Waals surface area contributed by atoms with Crippen LogP contribution in [0.1, 0.15) is 18.4 Å². The van der Waals surface area contributed by atoms with E-state index in [4.69, 9.17) is 0 Å². The fourth-order valence-electron chi connectivity index (χ4n) is 1.65. The van der Waals surface area contributed by atoms with Crippen molar-refractivity contribution in [1.82, 2.24) is 10.2 Å². The Morgan fingerprint density at radius 1 is 1.28 bits per heavy atom. The fraction of sp³-hybridized carbons (Fsp3) is 0.500. The second-order valence-corrected chi connectivity index (χ2v) is 4.77. The Bertz CT molecular complexity index is 365. The van der Waals surface area contributed by atoms with Crippen molar-refractivity contribution < 1.29 is 9.90 Å². The van der Waals surface area contributed by atoms with Crippen LogP contribution in [0.5, 0.6) is 0 Å². The van der Waals surface area contributed by atoms with E-state index in [-0.39, 0.29) is 0 Å². The summed E-state index contributed by atoms with van der Waals surface area (Å²) < 4.78 is 0. The van der Waals surface area contributed by atoms with Gasteiger partial charge in [0, 0.05) is 19.1 Å². The van der Waals surface area contributed by atoms with Gasteiger partial charge in [0.1, 0.15) is 0 Å². The maximum atomic E-state index is 11.3. The van der Waals surface area contributed by atoms with E-state index >= 15 is 0 Å². The zero-order chi connectivity index (χ0) is 13.5. The van der Waals surface area contributed by atoms with Gasteiger partial charge in [-0.2, -0.15) is 0 Å². The minimum atomic E-state index is -0.786. The fourth-order valence-corrected chi connectivity index (χ4v) is 1.65. The van der Waals surface area contributed by atoms with Crippen LogP contribution in [0.3, 0.4) is 0 Å². The summed E-state index contributed by atoms with van der Waals surface area (Å²) in [7, 11) is 4.02. The van der Waals surface area contributed by atoms with Gasteiger partial charge in [-0.3, -0.25) is 4.79 Å². The van der Waals surface area contributed by atoms with Crippen molar-refractivity contribution in [2.24, 2.45) is 0 Å². The zero-order valence-corrected chi connectivity index (χ0v) is 11.3. The van der Waals surface area contributed by atoms with Crippen LogP contribution in [0.15, 0.2) is 30.3 Å². The number of benzene rings is 1. The van der Waals surface area contributed by atoms with Gasteiger partial charge in [-0.1, -0.05) is 30.3 Å². The van der Waals surface area contributed by atoms with E-state index in [1.807, 2.05) is 44.4 Å². The van der Waals surface area contributed by atoms with Crippen LogP contribution in [-0.2, 0) is 4.79 Å². The molecule has 0 saturated carbocycles. The molecule has 0 spiro atoms. The zero-order valence-electron chi connectivity index (χ0n) is 11.3. The first-order valence-electron chi connectivity index (χ1n) is 6.17. The van der Waals surface area contributed by atoms with Crippen LogP contribution in [0.4, 0.5) is 0 Å². The molecule has 4 nitrogen and oxygen atoms in total. The third-order valence-electron chi connectivity index (χ3n) is 3.17. The molecular weight excluding hydrogens is 228 g/mol. The number of likely N-dealkylation sites (N-methyl/N-ethyl adjacent to an activating group) is 1. The molecule has 0 aromatic heterocycles. The van der Waals surface area contributed by atoms with E-state index in [1.54, 1.807) is 0 Å². The Labute approximate surface area is 109 Å². The quantitative estimate of drug-likeness (QED) is 0.768. The van der Waals surface area contributed by atoms with Gasteiger partial charge < -0.3 is 15.3 Å². The highest BCUT2D eigenvalue weighted by Gasteiger charge is 2.19. The summed E-state index contributed by atoms with van der Waals surface area (Å²) in [4.78, 5) is 13.4. The average molecular weight is 250 g/mol. The van der Waals surface area contributed by atoms with Crippen LogP contribution in [0.2, 0.25) is 0 Å². The summed E-state index contributed by atoms with van der Waals surface area (Å²) in [5.41, 5.74) is 0.843. The number of hydrogen-bond acceptors (Lipinski definition) is 3. The first-order chi connectivity index (χ1) is 8.52. The minimum Gasteiger partial charge on any atom is -0.481 e. The normalized spacial score (nSPS) is 14.4. The lowest BCUT2D eigenvalue weighted by Gasteiger charge is -2.21. The number of carbonyl (C=O) groups is 1. The van der Waals surface area contributed by atoms with E-state index in [0.29, 0.717) is 12.6 Å². The predicted molar refractivity (Wildman–Crippen MR) is 72.8 cm³/mol. The molecule has 0 aliphatic heterocycles. The van der Waals surface area contributed by atoms with Gasteiger partial charge in [-0.05, 0) is 26.6 Å². The molecule has 0 amide bonds. The highest BCUT2D eigenvalue weighted by atomic mass is 16.4. The van der Waals surface area contributed by atoms with Crippen LogP contribution < -0.4 is 5.32 Å².